The normalized spacial score (nSPS) is 12.0. The van der Waals surface area contributed by atoms with Crippen LogP contribution < -0.4 is 10.6 Å². The quantitative estimate of drug-likeness (QED) is 0.792. The molecule has 0 spiro atoms. The third-order valence-electron chi connectivity index (χ3n) is 3.23. The highest BCUT2D eigenvalue weighted by atomic mass is 19.1. The number of aliphatic hydroxyl groups is 1. The minimum absolute atomic E-state index is 0.124. The average molecular weight is 306 g/mol. The van der Waals surface area contributed by atoms with Gasteiger partial charge < -0.3 is 10.4 Å². The van der Waals surface area contributed by atoms with Gasteiger partial charge in [-0.3, -0.25) is 5.32 Å². The number of aromatic nitrogens is 2. The molecule has 0 saturated carbocycles. The van der Waals surface area contributed by atoms with E-state index >= 15 is 0 Å². The van der Waals surface area contributed by atoms with E-state index in [0.29, 0.717) is 17.9 Å². The summed E-state index contributed by atoms with van der Waals surface area (Å²) >= 11 is 0. The van der Waals surface area contributed by atoms with E-state index in [1.165, 1.54) is 12.1 Å². The molecule has 0 saturated heterocycles. The molecule has 2 aromatic rings. The van der Waals surface area contributed by atoms with E-state index in [1.54, 1.807) is 22.9 Å². The van der Waals surface area contributed by atoms with Crippen molar-refractivity contribution in [3.8, 4) is 5.69 Å². The number of nitrogens with one attached hydrogen (secondary N) is 2. The van der Waals surface area contributed by atoms with Crippen LogP contribution in [0.5, 0.6) is 0 Å². The number of hydrogen-bond acceptors (Lipinski definition) is 3. The van der Waals surface area contributed by atoms with Gasteiger partial charge in [0.1, 0.15) is 5.82 Å². The number of carbonyl (C=O) groups excluding carboxylic acids is 1. The van der Waals surface area contributed by atoms with Crippen molar-refractivity contribution in [2.75, 3.05) is 11.9 Å². The molecule has 0 aliphatic rings. The van der Waals surface area contributed by atoms with E-state index in [1.807, 2.05) is 13.8 Å². The number of aliphatic hydroxyl groups excluding tert-OH is 1. The summed E-state index contributed by atoms with van der Waals surface area (Å²) in [7, 11) is 0. The Morgan fingerprint density at radius 3 is 2.86 bits per heavy atom. The summed E-state index contributed by atoms with van der Waals surface area (Å²) in [5, 5.41) is 18.5. The van der Waals surface area contributed by atoms with Gasteiger partial charge in [0.15, 0.2) is 5.82 Å². The van der Waals surface area contributed by atoms with Crippen molar-refractivity contribution in [2.45, 2.75) is 26.3 Å². The second kappa shape index (κ2) is 7.04. The number of benzene rings is 1. The average Bonchev–Trinajstić information content (AvgIpc) is 2.85. The molecule has 0 bridgehead atoms. The lowest BCUT2D eigenvalue weighted by molar-refractivity contribution is 0.222. The minimum atomic E-state index is -0.440. The van der Waals surface area contributed by atoms with Crippen LogP contribution in [0.1, 0.15) is 19.0 Å². The summed E-state index contributed by atoms with van der Waals surface area (Å²) in [5.74, 6) is 0.000407. The van der Waals surface area contributed by atoms with Gasteiger partial charge >= 0.3 is 6.03 Å². The maximum absolute atomic E-state index is 13.3. The van der Waals surface area contributed by atoms with Crippen LogP contribution in [0, 0.1) is 12.7 Å². The lowest BCUT2D eigenvalue weighted by Gasteiger charge is -2.13. The first kappa shape index (κ1) is 16.0. The zero-order valence-corrected chi connectivity index (χ0v) is 12.5. The second-order valence-electron chi connectivity index (χ2n) is 4.95. The summed E-state index contributed by atoms with van der Waals surface area (Å²) in [6.45, 7) is 3.55. The molecule has 1 heterocycles. The van der Waals surface area contributed by atoms with Gasteiger partial charge in [0, 0.05) is 11.8 Å². The predicted octanol–water partition coefficient (Wildman–Crippen LogP) is 2.21. The van der Waals surface area contributed by atoms with Gasteiger partial charge in [0.25, 0.3) is 0 Å². The van der Waals surface area contributed by atoms with Crippen molar-refractivity contribution in [3.05, 3.63) is 41.8 Å². The Morgan fingerprint density at radius 1 is 1.45 bits per heavy atom. The SMILES string of the molecule is CCC(CO)NC(=O)Nc1cc(C)n(-c2cccc(F)c2)n1. The summed E-state index contributed by atoms with van der Waals surface area (Å²) < 4.78 is 14.8. The first-order chi connectivity index (χ1) is 10.5. The number of halogens is 1. The topological polar surface area (TPSA) is 79.2 Å². The van der Waals surface area contributed by atoms with E-state index < -0.39 is 6.03 Å². The Bertz CT molecular complexity index is 653. The van der Waals surface area contributed by atoms with Gasteiger partial charge in [-0.05, 0) is 31.5 Å². The molecule has 1 aromatic heterocycles. The van der Waals surface area contributed by atoms with Gasteiger partial charge in [-0.25, -0.2) is 13.9 Å². The first-order valence-electron chi connectivity index (χ1n) is 7.04. The number of hydrogen-bond donors (Lipinski definition) is 3. The molecule has 7 heteroatoms. The molecule has 3 N–H and O–H groups in total. The van der Waals surface area contributed by atoms with E-state index in [2.05, 4.69) is 15.7 Å². The zero-order chi connectivity index (χ0) is 16.1. The van der Waals surface area contributed by atoms with Crippen LogP contribution in [0.3, 0.4) is 0 Å². The molecule has 1 atom stereocenters. The van der Waals surface area contributed by atoms with Crippen molar-refractivity contribution >= 4 is 11.8 Å². The van der Waals surface area contributed by atoms with Crippen LogP contribution in [-0.2, 0) is 0 Å². The summed E-state index contributed by atoms with van der Waals surface area (Å²) in [6.07, 6.45) is 0.626. The monoisotopic (exact) mass is 306 g/mol. The number of anilines is 1. The molecule has 0 radical (unpaired) electrons. The van der Waals surface area contributed by atoms with Gasteiger partial charge in [-0.1, -0.05) is 13.0 Å². The van der Waals surface area contributed by atoms with E-state index in [0.717, 1.165) is 5.69 Å². The van der Waals surface area contributed by atoms with Crippen LogP contribution in [0.15, 0.2) is 30.3 Å². The number of nitrogens with zero attached hydrogens (tertiary/aromatic N) is 2. The van der Waals surface area contributed by atoms with Crippen LogP contribution in [-0.4, -0.2) is 33.6 Å². The van der Waals surface area contributed by atoms with Crippen LogP contribution in [0.4, 0.5) is 15.0 Å². The van der Waals surface area contributed by atoms with Crippen molar-refractivity contribution in [1.82, 2.24) is 15.1 Å². The van der Waals surface area contributed by atoms with Crippen molar-refractivity contribution in [2.24, 2.45) is 0 Å². The van der Waals surface area contributed by atoms with Gasteiger partial charge in [0.05, 0.1) is 18.3 Å². The zero-order valence-electron chi connectivity index (χ0n) is 12.5. The molecular formula is C15H19FN4O2. The van der Waals surface area contributed by atoms with Gasteiger partial charge in [0.2, 0.25) is 0 Å². The fourth-order valence-corrected chi connectivity index (χ4v) is 2.02. The molecule has 118 valence electrons. The Hall–Kier alpha value is -2.41. The molecule has 0 aliphatic carbocycles. The molecule has 1 unspecified atom stereocenters. The highest BCUT2D eigenvalue weighted by molar-refractivity contribution is 5.88. The highest BCUT2D eigenvalue weighted by Crippen LogP contribution is 2.15. The number of carbonyl (C=O) groups is 1. The van der Waals surface area contributed by atoms with Crippen LogP contribution in [0.25, 0.3) is 5.69 Å². The van der Waals surface area contributed by atoms with Crippen LogP contribution in [0.2, 0.25) is 0 Å². The van der Waals surface area contributed by atoms with Gasteiger partial charge in [-0.15, -0.1) is 5.10 Å². The Labute approximate surface area is 128 Å². The Morgan fingerprint density at radius 2 is 2.23 bits per heavy atom. The fourth-order valence-electron chi connectivity index (χ4n) is 2.02. The molecule has 1 aromatic carbocycles. The predicted molar refractivity (Wildman–Crippen MR) is 81.6 cm³/mol. The van der Waals surface area contributed by atoms with Crippen LogP contribution >= 0.6 is 0 Å². The summed E-state index contributed by atoms with van der Waals surface area (Å²) in [5.41, 5.74) is 1.34. The number of amides is 2. The number of rotatable bonds is 5. The fraction of sp³-hybridized carbons (Fsp3) is 0.333. The second-order valence-corrected chi connectivity index (χ2v) is 4.95. The minimum Gasteiger partial charge on any atom is -0.394 e. The molecule has 22 heavy (non-hydrogen) atoms. The third-order valence-corrected chi connectivity index (χ3v) is 3.23. The van der Waals surface area contributed by atoms with E-state index in [4.69, 9.17) is 5.11 Å². The number of urea groups is 1. The lowest BCUT2D eigenvalue weighted by atomic mass is 10.2. The van der Waals surface area contributed by atoms with E-state index in [-0.39, 0.29) is 18.5 Å². The van der Waals surface area contributed by atoms with Crippen molar-refractivity contribution < 1.29 is 14.3 Å². The molecule has 0 fully saturated rings. The maximum Gasteiger partial charge on any atom is 0.320 e. The summed E-state index contributed by atoms with van der Waals surface area (Å²) in [6, 6.07) is 6.99. The third kappa shape index (κ3) is 3.82. The van der Waals surface area contributed by atoms with Crippen molar-refractivity contribution in [1.29, 1.82) is 0 Å². The lowest BCUT2D eigenvalue weighted by Crippen LogP contribution is -2.39. The standard InChI is InChI=1S/C15H19FN4O2/c1-3-12(9-21)17-15(22)18-14-7-10(2)20(19-14)13-6-4-5-11(16)8-13/h4-8,12,21H,3,9H2,1-2H3,(H2,17,18,19,22). The molecular weight excluding hydrogens is 287 g/mol. The first-order valence-corrected chi connectivity index (χ1v) is 7.04. The highest BCUT2D eigenvalue weighted by Gasteiger charge is 2.12. The maximum atomic E-state index is 13.3. The Kier molecular flexibility index (Phi) is 5.11. The molecule has 2 amide bonds. The molecule has 6 nitrogen and oxygen atoms in total. The largest absolute Gasteiger partial charge is 0.394 e. The van der Waals surface area contributed by atoms with E-state index in [9.17, 15) is 9.18 Å². The molecule has 0 aliphatic heterocycles. The van der Waals surface area contributed by atoms with Crippen molar-refractivity contribution in [3.63, 3.8) is 0 Å². The molecule has 2 rings (SSSR count). The van der Waals surface area contributed by atoms with Gasteiger partial charge in [-0.2, -0.15) is 0 Å². The number of aryl methyl sites for hydroxylation is 1. The Balaban J connectivity index is 2.11. The summed E-state index contributed by atoms with van der Waals surface area (Å²) in [4.78, 5) is 11.8. The smallest absolute Gasteiger partial charge is 0.320 e.